The van der Waals surface area contributed by atoms with Gasteiger partial charge in [-0.2, -0.15) is 0 Å². The minimum Gasteiger partial charge on any atom is -0.372 e. The molecule has 2 bridgehead atoms. The third-order valence-corrected chi connectivity index (χ3v) is 5.39. The number of halogens is 1. The summed E-state index contributed by atoms with van der Waals surface area (Å²) in [6.07, 6.45) is 6.27. The molecule has 4 unspecified atom stereocenters. The molecule has 0 aromatic heterocycles. The molecule has 2 nitrogen and oxygen atoms in total. The lowest BCUT2D eigenvalue weighted by atomic mass is 9.88. The smallest absolute Gasteiger partial charge is 0.146 e. The number of para-hydroxylation sites is 1. The van der Waals surface area contributed by atoms with E-state index >= 15 is 0 Å². The average Bonchev–Trinajstić information content (AvgIpc) is 3.00. The first-order valence-electron chi connectivity index (χ1n) is 8.28. The van der Waals surface area contributed by atoms with Crippen LogP contribution in [0.1, 0.15) is 38.2 Å². The minimum absolute atomic E-state index is 0.0569. The summed E-state index contributed by atoms with van der Waals surface area (Å²) in [6.45, 7) is 2.96. The molecule has 1 aromatic rings. The van der Waals surface area contributed by atoms with Crippen LogP contribution in [0.2, 0.25) is 0 Å². The molecule has 0 heterocycles. The maximum absolute atomic E-state index is 14.3. The van der Waals surface area contributed by atoms with Crippen molar-refractivity contribution in [3.05, 3.63) is 29.6 Å². The third kappa shape index (κ3) is 3.08. The summed E-state index contributed by atoms with van der Waals surface area (Å²) < 4.78 is 14.3. The van der Waals surface area contributed by atoms with Crippen molar-refractivity contribution in [2.45, 2.75) is 45.1 Å². The van der Waals surface area contributed by atoms with Crippen molar-refractivity contribution in [2.24, 2.45) is 23.5 Å². The van der Waals surface area contributed by atoms with E-state index in [0.29, 0.717) is 0 Å². The van der Waals surface area contributed by atoms with Crippen LogP contribution in [0.5, 0.6) is 0 Å². The molecule has 1 aromatic carbocycles. The van der Waals surface area contributed by atoms with Crippen LogP contribution in [-0.4, -0.2) is 19.6 Å². The lowest BCUT2D eigenvalue weighted by molar-refractivity contribution is 0.336. The number of hydrogen-bond donors (Lipinski definition) is 1. The van der Waals surface area contributed by atoms with Crippen LogP contribution in [0, 0.1) is 23.6 Å². The fraction of sp³-hybridized carbons (Fsp3) is 0.667. The second-order valence-electron chi connectivity index (χ2n) is 7.24. The predicted molar refractivity (Wildman–Crippen MR) is 86.0 cm³/mol. The van der Waals surface area contributed by atoms with Crippen molar-refractivity contribution in [1.29, 1.82) is 0 Å². The lowest BCUT2D eigenvalue weighted by Crippen LogP contribution is -2.30. The van der Waals surface area contributed by atoms with E-state index in [1.165, 1.54) is 25.7 Å². The van der Waals surface area contributed by atoms with Gasteiger partial charge in [-0.3, -0.25) is 0 Å². The lowest BCUT2D eigenvalue weighted by Gasteiger charge is -2.30. The number of benzene rings is 1. The number of hydrogen-bond acceptors (Lipinski definition) is 2. The van der Waals surface area contributed by atoms with Crippen LogP contribution in [0.3, 0.4) is 0 Å². The molecular weight excluding hydrogens is 263 g/mol. The van der Waals surface area contributed by atoms with Crippen molar-refractivity contribution in [1.82, 2.24) is 0 Å². The number of nitrogens with zero attached hydrogens (tertiary/aromatic N) is 1. The van der Waals surface area contributed by atoms with Gasteiger partial charge in [0.1, 0.15) is 5.82 Å². The second kappa shape index (κ2) is 5.96. The summed E-state index contributed by atoms with van der Waals surface area (Å²) in [4.78, 5) is 2.14. The molecule has 2 aliphatic carbocycles. The predicted octanol–water partition coefficient (Wildman–Crippen LogP) is 3.59. The van der Waals surface area contributed by atoms with Crippen LogP contribution in [0.15, 0.2) is 18.2 Å². The molecule has 0 radical (unpaired) electrons. The molecule has 2 N–H and O–H groups in total. The zero-order valence-electron chi connectivity index (χ0n) is 13.2. The molecule has 4 atom stereocenters. The van der Waals surface area contributed by atoms with E-state index in [2.05, 4.69) is 4.90 Å². The summed E-state index contributed by atoms with van der Waals surface area (Å²) in [5.41, 5.74) is 7.71. The molecule has 21 heavy (non-hydrogen) atoms. The van der Waals surface area contributed by atoms with Gasteiger partial charge in [-0.1, -0.05) is 18.6 Å². The SMILES string of the molecule is CC(N)Cc1cccc(F)c1N(C)CC1CC2CCC1C2. The highest BCUT2D eigenvalue weighted by atomic mass is 19.1. The number of rotatable bonds is 5. The highest BCUT2D eigenvalue weighted by molar-refractivity contribution is 5.54. The Hall–Kier alpha value is -1.09. The van der Waals surface area contributed by atoms with Gasteiger partial charge in [-0.15, -0.1) is 0 Å². The first-order chi connectivity index (χ1) is 10.0. The summed E-state index contributed by atoms with van der Waals surface area (Å²) in [6, 6.07) is 5.43. The molecule has 0 aliphatic heterocycles. The standard InChI is InChI=1S/C18H27FN2/c1-12(20)8-15-4-3-5-17(19)18(15)21(2)11-16-10-13-6-7-14(16)9-13/h3-5,12-14,16H,6-11,20H2,1-2H3. The molecule has 3 heteroatoms. The van der Waals surface area contributed by atoms with Gasteiger partial charge in [0.25, 0.3) is 0 Å². The maximum Gasteiger partial charge on any atom is 0.146 e. The van der Waals surface area contributed by atoms with Crippen molar-refractivity contribution < 1.29 is 4.39 Å². The van der Waals surface area contributed by atoms with Gasteiger partial charge in [-0.25, -0.2) is 4.39 Å². The van der Waals surface area contributed by atoms with Gasteiger partial charge in [0.2, 0.25) is 0 Å². The Morgan fingerprint density at radius 3 is 2.76 bits per heavy atom. The van der Waals surface area contributed by atoms with Gasteiger partial charge >= 0.3 is 0 Å². The largest absolute Gasteiger partial charge is 0.372 e. The average molecular weight is 290 g/mol. The van der Waals surface area contributed by atoms with Crippen LogP contribution in [0.4, 0.5) is 10.1 Å². The molecule has 0 amide bonds. The maximum atomic E-state index is 14.3. The van der Waals surface area contributed by atoms with E-state index in [1.807, 2.05) is 20.0 Å². The molecule has 0 spiro atoms. The van der Waals surface area contributed by atoms with Crippen LogP contribution < -0.4 is 10.6 Å². The van der Waals surface area contributed by atoms with Crippen LogP contribution >= 0.6 is 0 Å². The highest BCUT2D eigenvalue weighted by Gasteiger charge is 2.39. The summed E-state index contributed by atoms with van der Waals surface area (Å²) in [5.74, 6) is 2.45. The topological polar surface area (TPSA) is 29.3 Å². The van der Waals surface area contributed by atoms with Crippen molar-refractivity contribution >= 4 is 5.69 Å². The Bertz CT molecular complexity index is 500. The normalized spacial score (nSPS) is 28.9. The van der Waals surface area contributed by atoms with Gasteiger partial charge in [0.15, 0.2) is 0 Å². The summed E-state index contributed by atoms with van der Waals surface area (Å²) in [7, 11) is 2.04. The monoisotopic (exact) mass is 290 g/mol. The molecule has 116 valence electrons. The minimum atomic E-state index is -0.112. The van der Waals surface area contributed by atoms with E-state index in [1.54, 1.807) is 12.1 Å². The number of anilines is 1. The molecular formula is C18H27FN2. The number of nitrogens with two attached hydrogens (primary N) is 1. The first-order valence-corrected chi connectivity index (χ1v) is 8.28. The van der Waals surface area contributed by atoms with Crippen molar-refractivity contribution in [3.8, 4) is 0 Å². The summed E-state index contributed by atoms with van der Waals surface area (Å²) in [5, 5.41) is 0. The molecule has 2 fully saturated rings. The Morgan fingerprint density at radius 1 is 1.33 bits per heavy atom. The number of fused-ring (bicyclic) bond motifs is 2. The Balaban J connectivity index is 1.75. The Kier molecular flexibility index (Phi) is 4.21. The Morgan fingerprint density at radius 2 is 2.14 bits per heavy atom. The zero-order valence-corrected chi connectivity index (χ0v) is 13.2. The van der Waals surface area contributed by atoms with E-state index in [0.717, 1.165) is 42.0 Å². The Labute approximate surface area is 127 Å². The van der Waals surface area contributed by atoms with Crippen molar-refractivity contribution in [3.63, 3.8) is 0 Å². The van der Waals surface area contributed by atoms with E-state index in [4.69, 9.17) is 5.73 Å². The fourth-order valence-corrected chi connectivity index (χ4v) is 4.54. The van der Waals surface area contributed by atoms with E-state index < -0.39 is 0 Å². The van der Waals surface area contributed by atoms with E-state index in [9.17, 15) is 4.39 Å². The quantitative estimate of drug-likeness (QED) is 0.898. The molecule has 3 rings (SSSR count). The second-order valence-corrected chi connectivity index (χ2v) is 7.24. The fourth-order valence-electron chi connectivity index (χ4n) is 4.54. The van der Waals surface area contributed by atoms with Gasteiger partial charge < -0.3 is 10.6 Å². The van der Waals surface area contributed by atoms with Gasteiger partial charge in [0, 0.05) is 19.6 Å². The third-order valence-electron chi connectivity index (χ3n) is 5.39. The first kappa shape index (κ1) is 14.8. The molecule has 2 aliphatic rings. The molecule has 2 saturated carbocycles. The van der Waals surface area contributed by atoms with Crippen LogP contribution in [-0.2, 0) is 6.42 Å². The highest BCUT2D eigenvalue weighted by Crippen LogP contribution is 2.48. The van der Waals surface area contributed by atoms with Gasteiger partial charge in [0.05, 0.1) is 5.69 Å². The van der Waals surface area contributed by atoms with Crippen LogP contribution in [0.25, 0.3) is 0 Å². The van der Waals surface area contributed by atoms with Gasteiger partial charge in [-0.05, 0) is 62.0 Å². The van der Waals surface area contributed by atoms with E-state index in [-0.39, 0.29) is 11.9 Å². The molecule has 0 saturated heterocycles. The zero-order chi connectivity index (χ0) is 15.0. The van der Waals surface area contributed by atoms with Crippen molar-refractivity contribution in [2.75, 3.05) is 18.5 Å². The summed E-state index contributed by atoms with van der Waals surface area (Å²) >= 11 is 0.